The molecular weight excluding hydrogens is 270 g/mol. The van der Waals surface area contributed by atoms with E-state index in [1.54, 1.807) is 0 Å². The number of carbonyl (C=O) groups is 2. The van der Waals surface area contributed by atoms with Crippen LogP contribution in [-0.2, 0) is 9.53 Å². The van der Waals surface area contributed by atoms with Gasteiger partial charge in [-0.15, -0.1) is 0 Å². The Kier molecular flexibility index (Phi) is 3.35. The Morgan fingerprint density at radius 1 is 1.19 bits per heavy atom. The molecule has 0 spiro atoms. The van der Waals surface area contributed by atoms with Gasteiger partial charge in [-0.05, 0) is 50.9 Å². The zero-order valence-corrected chi connectivity index (χ0v) is 13.9. The minimum absolute atomic E-state index is 0.160. The normalized spacial score (nSPS) is 37.3. The van der Waals surface area contributed by atoms with Crippen molar-refractivity contribution in [1.29, 1.82) is 0 Å². The van der Waals surface area contributed by atoms with Crippen LogP contribution in [0.25, 0.3) is 0 Å². The number of alkyl carbamates (subject to hydrolysis) is 1. The van der Waals surface area contributed by atoms with Crippen molar-refractivity contribution in [2.24, 2.45) is 16.2 Å². The fourth-order valence-corrected chi connectivity index (χ4v) is 4.31. The lowest BCUT2D eigenvalue weighted by Gasteiger charge is -2.40. The monoisotopic (exact) mass is 297 g/mol. The Labute approximate surface area is 126 Å². The Bertz CT molecular complexity index is 479. The van der Waals surface area contributed by atoms with Gasteiger partial charge in [0.1, 0.15) is 5.60 Å². The smallest absolute Gasteiger partial charge is 0.407 e. The van der Waals surface area contributed by atoms with Crippen LogP contribution in [0.1, 0.15) is 60.8 Å². The van der Waals surface area contributed by atoms with Gasteiger partial charge in [0, 0.05) is 6.04 Å². The maximum Gasteiger partial charge on any atom is 0.407 e. The van der Waals surface area contributed by atoms with Crippen LogP contribution in [0.3, 0.4) is 0 Å². The van der Waals surface area contributed by atoms with Crippen LogP contribution in [0.2, 0.25) is 0 Å². The third-order valence-electron chi connectivity index (χ3n) is 6.12. The van der Waals surface area contributed by atoms with Crippen molar-refractivity contribution in [1.82, 2.24) is 5.32 Å². The molecule has 2 fully saturated rings. The Hall–Kier alpha value is -1.26. The SMILES string of the molecule is CC(C)(C)OC(=O)N[C@H]1C[C@]2(C(=O)O)CC[C@]1(C)C2(C)C. The Morgan fingerprint density at radius 2 is 1.76 bits per heavy atom. The van der Waals surface area contributed by atoms with E-state index in [-0.39, 0.29) is 16.9 Å². The standard InChI is InChI=1S/C16H27NO4/c1-13(2,3)21-12(20)17-10-9-16(11(18)19)8-7-15(10,6)14(16,4)5/h10H,7-9H2,1-6H3,(H,17,20)(H,18,19)/t10-,15-,16-/m0/s1. The van der Waals surface area contributed by atoms with E-state index >= 15 is 0 Å². The molecule has 2 N–H and O–H groups in total. The number of fused-ring (bicyclic) bond motifs is 2. The molecule has 2 aliphatic carbocycles. The van der Waals surface area contributed by atoms with Crippen LogP contribution in [0.4, 0.5) is 4.79 Å². The van der Waals surface area contributed by atoms with Gasteiger partial charge < -0.3 is 15.2 Å². The van der Waals surface area contributed by atoms with Crippen LogP contribution in [-0.4, -0.2) is 28.8 Å². The molecule has 0 aromatic heterocycles. The second kappa shape index (κ2) is 4.37. The minimum Gasteiger partial charge on any atom is -0.481 e. The van der Waals surface area contributed by atoms with Gasteiger partial charge >= 0.3 is 12.1 Å². The number of aliphatic carboxylic acids is 1. The second-order valence-corrected chi connectivity index (χ2v) is 8.33. The van der Waals surface area contributed by atoms with Crippen molar-refractivity contribution in [2.45, 2.75) is 72.4 Å². The zero-order valence-electron chi connectivity index (χ0n) is 13.9. The molecule has 0 unspecified atom stereocenters. The first-order valence-corrected chi connectivity index (χ1v) is 7.59. The van der Waals surface area contributed by atoms with E-state index in [9.17, 15) is 14.7 Å². The first kappa shape index (κ1) is 16.1. The molecule has 21 heavy (non-hydrogen) atoms. The number of nitrogens with one attached hydrogen (secondary N) is 1. The van der Waals surface area contributed by atoms with Gasteiger partial charge in [-0.25, -0.2) is 4.79 Å². The average Bonchev–Trinajstić information content (AvgIpc) is 2.56. The van der Waals surface area contributed by atoms with Crippen molar-refractivity contribution < 1.29 is 19.4 Å². The van der Waals surface area contributed by atoms with Crippen LogP contribution in [0.15, 0.2) is 0 Å². The van der Waals surface area contributed by atoms with Crippen LogP contribution >= 0.6 is 0 Å². The molecule has 3 atom stereocenters. The third-order valence-corrected chi connectivity index (χ3v) is 6.12. The summed E-state index contributed by atoms with van der Waals surface area (Å²) < 4.78 is 5.32. The van der Waals surface area contributed by atoms with Crippen LogP contribution < -0.4 is 5.32 Å². The highest BCUT2D eigenvalue weighted by Gasteiger charge is 2.72. The molecule has 0 aromatic carbocycles. The summed E-state index contributed by atoms with van der Waals surface area (Å²) in [5, 5.41) is 12.7. The van der Waals surface area contributed by atoms with Crippen molar-refractivity contribution in [3.8, 4) is 0 Å². The van der Waals surface area contributed by atoms with E-state index < -0.39 is 23.1 Å². The van der Waals surface area contributed by atoms with Crippen molar-refractivity contribution in [3.63, 3.8) is 0 Å². The van der Waals surface area contributed by atoms with E-state index in [4.69, 9.17) is 4.74 Å². The summed E-state index contributed by atoms with van der Waals surface area (Å²) in [6.07, 6.45) is 1.51. The van der Waals surface area contributed by atoms with Gasteiger partial charge in [0.25, 0.3) is 0 Å². The topological polar surface area (TPSA) is 75.6 Å². The summed E-state index contributed by atoms with van der Waals surface area (Å²) in [6.45, 7) is 11.6. The summed E-state index contributed by atoms with van der Waals surface area (Å²) in [7, 11) is 0. The highest BCUT2D eigenvalue weighted by atomic mass is 16.6. The molecule has 120 valence electrons. The van der Waals surface area contributed by atoms with E-state index in [2.05, 4.69) is 12.2 Å². The number of amides is 1. The number of hydrogen-bond acceptors (Lipinski definition) is 3. The van der Waals surface area contributed by atoms with Gasteiger partial charge in [-0.2, -0.15) is 0 Å². The summed E-state index contributed by atoms with van der Waals surface area (Å²) in [5.74, 6) is -0.746. The maximum absolute atomic E-state index is 12.0. The molecule has 2 aliphatic rings. The molecular formula is C16H27NO4. The molecule has 1 amide bonds. The number of ether oxygens (including phenoxy) is 1. The van der Waals surface area contributed by atoms with Crippen molar-refractivity contribution in [2.75, 3.05) is 0 Å². The predicted octanol–water partition coefficient (Wildman–Crippen LogP) is 3.18. The van der Waals surface area contributed by atoms with E-state index in [1.165, 1.54) is 0 Å². The highest BCUT2D eigenvalue weighted by molar-refractivity contribution is 5.78. The summed E-state index contributed by atoms with van der Waals surface area (Å²) in [5.41, 5.74) is -1.88. The van der Waals surface area contributed by atoms with Gasteiger partial charge in [-0.3, -0.25) is 4.79 Å². The van der Waals surface area contributed by atoms with E-state index in [0.717, 1.165) is 6.42 Å². The van der Waals surface area contributed by atoms with Crippen LogP contribution in [0, 0.1) is 16.2 Å². The first-order chi connectivity index (χ1) is 9.36. The second-order valence-electron chi connectivity index (χ2n) is 8.33. The quantitative estimate of drug-likeness (QED) is 0.820. The summed E-state index contributed by atoms with van der Waals surface area (Å²) in [6, 6.07) is -0.160. The van der Waals surface area contributed by atoms with Gasteiger partial charge in [0.15, 0.2) is 0 Å². The third kappa shape index (κ3) is 2.12. The van der Waals surface area contributed by atoms with E-state index in [0.29, 0.717) is 12.8 Å². The number of rotatable bonds is 2. The van der Waals surface area contributed by atoms with Gasteiger partial charge in [0.2, 0.25) is 0 Å². The molecule has 0 radical (unpaired) electrons. The molecule has 2 rings (SSSR count). The van der Waals surface area contributed by atoms with E-state index in [1.807, 2.05) is 34.6 Å². The lowest BCUT2D eigenvalue weighted by molar-refractivity contribution is -0.154. The molecule has 5 nitrogen and oxygen atoms in total. The largest absolute Gasteiger partial charge is 0.481 e. The lowest BCUT2D eigenvalue weighted by Crippen LogP contribution is -2.48. The van der Waals surface area contributed by atoms with Crippen LogP contribution in [0.5, 0.6) is 0 Å². The predicted molar refractivity (Wildman–Crippen MR) is 79.0 cm³/mol. The number of carbonyl (C=O) groups excluding carboxylic acids is 1. The number of carboxylic acid groups (broad SMARTS) is 1. The molecule has 2 bridgehead atoms. The minimum atomic E-state index is -0.749. The molecule has 0 heterocycles. The number of carboxylic acids is 1. The molecule has 0 saturated heterocycles. The van der Waals surface area contributed by atoms with Crippen molar-refractivity contribution in [3.05, 3.63) is 0 Å². The fraction of sp³-hybridized carbons (Fsp3) is 0.875. The van der Waals surface area contributed by atoms with Gasteiger partial charge in [0.05, 0.1) is 5.41 Å². The molecule has 5 heteroatoms. The number of hydrogen-bond donors (Lipinski definition) is 2. The first-order valence-electron chi connectivity index (χ1n) is 7.59. The van der Waals surface area contributed by atoms with Crippen molar-refractivity contribution >= 4 is 12.1 Å². The summed E-state index contributed by atoms with van der Waals surface area (Å²) in [4.78, 5) is 23.9. The fourth-order valence-electron chi connectivity index (χ4n) is 4.31. The molecule has 0 aromatic rings. The highest BCUT2D eigenvalue weighted by Crippen LogP contribution is 2.72. The van der Waals surface area contributed by atoms with Gasteiger partial charge in [-0.1, -0.05) is 20.8 Å². The molecule has 0 aliphatic heterocycles. The average molecular weight is 297 g/mol. The lowest BCUT2D eigenvalue weighted by atomic mass is 9.65. The molecule has 2 saturated carbocycles. The Morgan fingerprint density at radius 3 is 2.19 bits per heavy atom. The summed E-state index contributed by atoms with van der Waals surface area (Å²) >= 11 is 0. The zero-order chi connectivity index (χ0) is 16.3. The maximum atomic E-state index is 12.0. The Balaban J connectivity index is 2.22.